The Morgan fingerprint density at radius 1 is 1.20 bits per heavy atom. The minimum atomic E-state index is -4.33. The van der Waals surface area contributed by atoms with Crippen LogP contribution in [0.2, 0.25) is 0 Å². The topological polar surface area (TPSA) is 178 Å². The molecule has 2 amide bonds. The Morgan fingerprint density at radius 2 is 1.87 bits per heavy atom. The molecule has 0 radical (unpaired) electrons. The molecule has 7 N–H and O–H groups in total. The summed E-state index contributed by atoms with van der Waals surface area (Å²) in [6.07, 6.45) is -8.02. The molecule has 0 saturated carbocycles. The molecule has 0 spiro atoms. The molecule has 1 fully saturated rings. The van der Waals surface area contributed by atoms with Gasteiger partial charge in [0.05, 0.1) is 12.3 Å². The van der Waals surface area contributed by atoms with Gasteiger partial charge >= 0.3 is 13.6 Å². The zero-order chi connectivity index (χ0) is 22.6. The van der Waals surface area contributed by atoms with Crippen molar-refractivity contribution in [2.75, 3.05) is 11.5 Å². The highest BCUT2D eigenvalue weighted by Crippen LogP contribution is 2.37. The molecule has 1 aliphatic heterocycles. The molecular weight excluding hydrogens is 419 g/mol. The van der Waals surface area contributed by atoms with Crippen LogP contribution in [0.1, 0.15) is 25.8 Å². The average molecular weight is 448 g/mol. The van der Waals surface area contributed by atoms with E-state index in [4.69, 9.17) is 19.3 Å². The van der Waals surface area contributed by atoms with E-state index >= 15 is 0 Å². The minimum Gasteiger partial charge on any atom is -0.462 e. The lowest BCUT2D eigenvalue weighted by Crippen LogP contribution is -2.59. The summed E-state index contributed by atoms with van der Waals surface area (Å²) < 4.78 is 22.1. The average Bonchev–Trinajstić information content (AvgIpc) is 2.62. The predicted octanol–water partition coefficient (Wildman–Crippen LogP) is 0.279. The van der Waals surface area contributed by atoms with Gasteiger partial charge < -0.3 is 45.2 Å². The largest absolute Gasteiger partial charge is 0.462 e. The van der Waals surface area contributed by atoms with Crippen molar-refractivity contribution in [2.45, 2.75) is 63.9 Å². The highest BCUT2D eigenvalue weighted by Gasteiger charge is 2.45. The molecule has 1 aromatic rings. The Kier molecular flexibility index (Phi) is 8.23. The summed E-state index contributed by atoms with van der Waals surface area (Å²) in [5, 5.41) is 35.6. The Balaban J connectivity index is 2.07. The van der Waals surface area contributed by atoms with E-state index < -0.39 is 44.5 Å². The third-order valence-corrected chi connectivity index (χ3v) is 5.33. The Morgan fingerprint density at radius 3 is 2.43 bits per heavy atom. The molecule has 5 atom stereocenters. The van der Waals surface area contributed by atoms with Crippen molar-refractivity contribution >= 4 is 19.3 Å². The number of aryl methyl sites for hydroxylation is 1. The Hall–Kier alpha value is -1.72. The first-order chi connectivity index (χ1) is 13.9. The smallest absolute Gasteiger partial charge is 0.325 e. The summed E-state index contributed by atoms with van der Waals surface area (Å²) in [6.45, 7) is 5.40. The van der Waals surface area contributed by atoms with Crippen LogP contribution in [0.4, 0.5) is 10.5 Å². The van der Waals surface area contributed by atoms with Crippen LogP contribution in [0, 0.1) is 6.92 Å². The molecule has 0 aliphatic carbocycles. The molecule has 30 heavy (non-hydrogen) atoms. The first kappa shape index (κ1) is 24.5. The van der Waals surface area contributed by atoms with Gasteiger partial charge in [0, 0.05) is 11.7 Å². The maximum atomic E-state index is 11.8. The third-order valence-electron chi connectivity index (χ3n) is 4.49. The van der Waals surface area contributed by atoms with Crippen LogP contribution in [-0.2, 0) is 9.30 Å². The van der Waals surface area contributed by atoms with E-state index in [2.05, 4.69) is 10.6 Å². The SMILES string of the molecule is Cc1cc(O[C@H]2O[C@H](CCP(=O)(O)O)[C@@H](O)[C@H](O)[C@@H]2O)ccc1NC(=O)NC(C)C. The quantitative estimate of drug-likeness (QED) is 0.289. The molecule has 0 unspecified atom stereocenters. The summed E-state index contributed by atoms with van der Waals surface area (Å²) in [5.41, 5.74) is 1.20. The fourth-order valence-electron chi connectivity index (χ4n) is 2.95. The Labute approximate surface area is 174 Å². The lowest BCUT2D eigenvalue weighted by molar-refractivity contribution is -0.272. The number of urea groups is 1. The van der Waals surface area contributed by atoms with Crippen LogP contribution in [0.25, 0.3) is 0 Å². The third kappa shape index (κ3) is 6.92. The molecule has 1 aliphatic rings. The molecule has 1 aromatic carbocycles. The number of rotatable bonds is 7. The predicted molar refractivity (Wildman–Crippen MR) is 107 cm³/mol. The number of aliphatic hydroxyl groups is 3. The van der Waals surface area contributed by atoms with Crippen molar-refractivity contribution in [3.8, 4) is 5.75 Å². The maximum Gasteiger partial charge on any atom is 0.325 e. The van der Waals surface area contributed by atoms with Gasteiger partial charge in [-0.05, 0) is 51.0 Å². The van der Waals surface area contributed by atoms with Crippen LogP contribution in [0.15, 0.2) is 18.2 Å². The monoisotopic (exact) mass is 448 g/mol. The van der Waals surface area contributed by atoms with Gasteiger partial charge in [0.1, 0.15) is 24.1 Å². The zero-order valence-corrected chi connectivity index (χ0v) is 17.8. The first-order valence-corrected chi connectivity index (χ1v) is 11.3. The van der Waals surface area contributed by atoms with Crippen molar-refractivity contribution in [3.05, 3.63) is 23.8 Å². The van der Waals surface area contributed by atoms with Gasteiger partial charge in [-0.3, -0.25) is 4.57 Å². The van der Waals surface area contributed by atoms with Gasteiger partial charge in [-0.25, -0.2) is 4.79 Å². The molecule has 12 heteroatoms. The number of anilines is 1. The van der Waals surface area contributed by atoms with Crippen LogP contribution < -0.4 is 15.4 Å². The highest BCUT2D eigenvalue weighted by atomic mass is 31.2. The van der Waals surface area contributed by atoms with Gasteiger partial charge in [0.2, 0.25) is 6.29 Å². The normalized spacial score (nSPS) is 27.0. The van der Waals surface area contributed by atoms with E-state index in [1.165, 1.54) is 6.07 Å². The zero-order valence-electron chi connectivity index (χ0n) is 16.9. The van der Waals surface area contributed by atoms with Crippen LogP contribution >= 0.6 is 7.60 Å². The number of carbonyl (C=O) groups excluding carboxylic acids is 1. The standard InChI is InChI=1S/C18H29N2O9P/c1-9(2)19-18(24)20-12-5-4-11(8-10(12)3)28-17-16(23)15(22)14(21)13(29-17)6-7-30(25,26)27/h4-5,8-9,13-17,21-23H,6-7H2,1-3H3,(H2,19,20,24)(H2,25,26,27)/t13-,14-,15+,16+,17+/m1/s1. The maximum absolute atomic E-state index is 11.8. The lowest BCUT2D eigenvalue weighted by Gasteiger charge is -2.40. The summed E-state index contributed by atoms with van der Waals surface area (Å²) in [7, 11) is -4.33. The van der Waals surface area contributed by atoms with Gasteiger partial charge in [-0.2, -0.15) is 0 Å². The highest BCUT2D eigenvalue weighted by molar-refractivity contribution is 7.51. The van der Waals surface area contributed by atoms with Gasteiger partial charge in [-0.1, -0.05) is 0 Å². The number of aliphatic hydroxyl groups excluding tert-OH is 3. The van der Waals surface area contributed by atoms with Crippen LogP contribution in [0.3, 0.4) is 0 Å². The molecule has 1 heterocycles. The van der Waals surface area contributed by atoms with E-state index in [9.17, 15) is 24.7 Å². The molecule has 1 saturated heterocycles. The number of carbonyl (C=O) groups is 1. The van der Waals surface area contributed by atoms with E-state index in [0.29, 0.717) is 11.3 Å². The second kappa shape index (κ2) is 10.1. The second-order valence-corrected chi connectivity index (χ2v) is 9.32. The number of hydrogen-bond donors (Lipinski definition) is 7. The first-order valence-electron chi connectivity index (χ1n) is 9.46. The van der Waals surface area contributed by atoms with Crippen molar-refractivity contribution < 1.29 is 43.9 Å². The van der Waals surface area contributed by atoms with Crippen molar-refractivity contribution in [2.24, 2.45) is 0 Å². The number of nitrogens with one attached hydrogen (secondary N) is 2. The summed E-state index contributed by atoms with van der Waals surface area (Å²) >= 11 is 0. The van der Waals surface area contributed by atoms with Crippen molar-refractivity contribution in [1.29, 1.82) is 0 Å². The van der Waals surface area contributed by atoms with Gasteiger partial charge in [-0.15, -0.1) is 0 Å². The van der Waals surface area contributed by atoms with Crippen LogP contribution in [-0.4, -0.2) is 74.0 Å². The van der Waals surface area contributed by atoms with Crippen molar-refractivity contribution in [1.82, 2.24) is 5.32 Å². The summed E-state index contributed by atoms with van der Waals surface area (Å²) in [4.78, 5) is 29.9. The van der Waals surface area contributed by atoms with Crippen LogP contribution in [0.5, 0.6) is 5.75 Å². The summed E-state index contributed by atoms with van der Waals surface area (Å²) in [5.74, 6) is 0.267. The number of amides is 2. The van der Waals surface area contributed by atoms with E-state index in [0.717, 1.165) is 0 Å². The lowest BCUT2D eigenvalue weighted by atomic mass is 9.97. The minimum absolute atomic E-state index is 0.0295. The fraction of sp³-hybridized carbons (Fsp3) is 0.611. The molecular formula is C18H29N2O9P. The van der Waals surface area contributed by atoms with Gasteiger partial charge in [0.25, 0.3) is 0 Å². The summed E-state index contributed by atoms with van der Waals surface area (Å²) in [6, 6.07) is 4.31. The van der Waals surface area contributed by atoms with E-state index in [1.54, 1.807) is 19.1 Å². The van der Waals surface area contributed by atoms with E-state index in [-0.39, 0.29) is 24.2 Å². The number of ether oxygens (including phenoxy) is 2. The number of hydrogen-bond acceptors (Lipinski definition) is 7. The molecule has 0 bridgehead atoms. The molecule has 11 nitrogen and oxygen atoms in total. The van der Waals surface area contributed by atoms with E-state index in [1.807, 2.05) is 13.8 Å². The molecule has 0 aromatic heterocycles. The van der Waals surface area contributed by atoms with Crippen molar-refractivity contribution in [3.63, 3.8) is 0 Å². The second-order valence-electron chi connectivity index (χ2n) is 7.54. The molecule has 170 valence electrons. The fourth-order valence-corrected chi connectivity index (χ4v) is 3.54. The molecule has 2 rings (SSSR count). The Bertz CT molecular complexity index is 785. The van der Waals surface area contributed by atoms with Gasteiger partial charge in [0.15, 0.2) is 0 Å². The number of benzene rings is 1.